The van der Waals surface area contributed by atoms with E-state index in [0.29, 0.717) is 19.5 Å². The molecule has 5 nitrogen and oxygen atoms in total. The Balaban J connectivity index is 0.00000364. The van der Waals surface area contributed by atoms with Crippen molar-refractivity contribution < 1.29 is 5.11 Å². The van der Waals surface area contributed by atoms with Crippen LogP contribution in [-0.2, 0) is 12.0 Å². The SMILES string of the molecule is CCNC(=NCc1nc(C(C)(C)C)cs1)NCCC(O)c1ccccc1.I. The molecule has 0 aliphatic carbocycles. The Labute approximate surface area is 183 Å². The van der Waals surface area contributed by atoms with E-state index >= 15 is 0 Å². The fourth-order valence-corrected chi connectivity index (χ4v) is 3.33. The summed E-state index contributed by atoms with van der Waals surface area (Å²) in [6.07, 6.45) is 0.153. The van der Waals surface area contributed by atoms with E-state index in [1.807, 2.05) is 37.3 Å². The minimum Gasteiger partial charge on any atom is -0.388 e. The summed E-state index contributed by atoms with van der Waals surface area (Å²) < 4.78 is 0. The molecule has 0 saturated carbocycles. The van der Waals surface area contributed by atoms with Gasteiger partial charge in [0.25, 0.3) is 0 Å². The molecule has 150 valence electrons. The number of aromatic nitrogens is 1. The normalized spacial score (nSPS) is 13.0. The molecule has 27 heavy (non-hydrogen) atoms. The number of halogens is 1. The zero-order valence-electron chi connectivity index (χ0n) is 16.5. The van der Waals surface area contributed by atoms with Gasteiger partial charge in [0.15, 0.2) is 5.96 Å². The summed E-state index contributed by atoms with van der Waals surface area (Å²) in [7, 11) is 0. The Morgan fingerprint density at radius 3 is 2.52 bits per heavy atom. The predicted molar refractivity (Wildman–Crippen MR) is 125 cm³/mol. The van der Waals surface area contributed by atoms with Gasteiger partial charge in [0.05, 0.1) is 18.3 Å². The highest BCUT2D eigenvalue weighted by atomic mass is 127. The Morgan fingerprint density at radius 1 is 1.22 bits per heavy atom. The van der Waals surface area contributed by atoms with Crippen molar-refractivity contribution in [1.29, 1.82) is 0 Å². The second kappa shape index (κ2) is 11.6. The molecule has 2 rings (SSSR count). The maximum Gasteiger partial charge on any atom is 0.191 e. The fourth-order valence-electron chi connectivity index (χ4n) is 2.39. The molecule has 3 N–H and O–H groups in total. The van der Waals surface area contributed by atoms with Gasteiger partial charge in [-0.25, -0.2) is 9.98 Å². The van der Waals surface area contributed by atoms with Crippen molar-refractivity contribution in [3.8, 4) is 0 Å². The van der Waals surface area contributed by atoms with Crippen LogP contribution in [0.5, 0.6) is 0 Å². The summed E-state index contributed by atoms with van der Waals surface area (Å²) in [5.41, 5.74) is 2.11. The largest absolute Gasteiger partial charge is 0.388 e. The molecule has 1 heterocycles. The second-order valence-electron chi connectivity index (χ2n) is 7.21. The Kier molecular flexibility index (Phi) is 10.3. The van der Waals surface area contributed by atoms with Crippen molar-refractivity contribution in [3.05, 3.63) is 52.0 Å². The van der Waals surface area contributed by atoms with E-state index in [1.165, 1.54) is 0 Å². The highest BCUT2D eigenvalue weighted by molar-refractivity contribution is 14.0. The third-order valence-electron chi connectivity index (χ3n) is 3.93. The quantitative estimate of drug-likeness (QED) is 0.301. The van der Waals surface area contributed by atoms with Gasteiger partial charge in [-0.1, -0.05) is 51.1 Å². The van der Waals surface area contributed by atoms with Crippen molar-refractivity contribution in [2.24, 2.45) is 4.99 Å². The average molecular weight is 502 g/mol. The molecule has 2 aromatic rings. The zero-order valence-corrected chi connectivity index (χ0v) is 19.7. The summed E-state index contributed by atoms with van der Waals surface area (Å²) in [4.78, 5) is 9.29. The Bertz CT molecular complexity index is 698. The third kappa shape index (κ3) is 8.15. The van der Waals surface area contributed by atoms with Crippen LogP contribution in [0.15, 0.2) is 40.7 Å². The topological polar surface area (TPSA) is 69.5 Å². The van der Waals surface area contributed by atoms with Gasteiger partial charge in [0.1, 0.15) is 5.01 Å². The van der Waals surface area contributed by atoms with Crippen molar-refractivity contribution in [2.45, 2.75) is 52.2 Å². The van der Waals surface area contributed by atoms with Gasteiger partial charge < -0.3 is 15.7 Å². The number of aliphatic hydroxyl groups excluding tert-OH is 1. The molecule has 1 aromatic heterocycles. The summed E-state index contributed by atoms with van der Waals surface area (Å²) in [5.74, 6) is 0.750. The van der Waals surface area contributed by atoms with Gasteiger partial charge >= 0.3 is 0 Å². The van der Waals surface area contributed by atoms with E-state index in [4.69, 9.17) is 0 Å². The number of nitrogens with zero attached hydrogens (tertiary/aromatic N) is 2. The minimum absolute atomic E-state index is 0. The van der Waals surface area contributed by atoms with E-state index in [-0.39, 0.29) is 29.4 Å². The maximum absolute atomic E-state index is 10.2. The molecule has 1 atom stereocenters. The molecule has 0 amide bonds. The first-order valence-corrected chi connectivity index (χ1v) is 9.98. The Morgan fingerprint density at radius 2 is 1.93 bits per heavy atom. The summed E-state index contributed by atoms with van der Waals surface area (Å²) in [5, 5.41) is 19.9. The standard InChI is InChI=1S/C20H30N4OS.HI/c1-5-21-19(22-12-11-16(25)15-9-7-6-8-10-15)23-13-18-24-17(14-26-18)20(2,3)4;/h6-10,14,16,25H,5,11-13H2,1-4H3,(H2,21,22,23);1H. The number of guanidine groups is 1. The van der Waals surface area contributed by atoms with Gasteiger partial charge in [-0.15, -0.1) is 35.3 Å². The lowest BCUT2D eigenvalue weighted by Gasteiger charge is -2.14. The van der Waals surface area contributed by atoms with E-state index in [2.05, 4.69) is 46.8 Å². The average Bonchev–Trinajstić information content (AvgIpc) is 3.10. The van der Waals surface area contributed by atoms with Crippen LogP contribution in [0.2, 0.25) is 0 Å². The lowest BCUT2D eigenvalue weighted by atomic mass is 9.93. The van der Waals surface area contributed by atoms with E-state index in [9.17, 15) is 5.11 Å². The van der Waals surface area contributed by atoms with Gasteiger partial charge in [0.2, 0.25) is 0 Å². The lowest BCUT2D eigenvalue weighted by molar-refractivity contribution is 0.168. The van der Waals surface area contributed by atoms with E-state index < -0.39 is 6.10 Å². The molecule has 0 saturated heterocycles. The number of nitrogens with one attached hydrogen (secondary N) is 2. The molecular formula is C20H31IN4OS. The third-order valence-corrected chi connectivity index (χ3v) is 4.76. The number of thiazole rings is 1. The molecular weight excluding hydrogens is 471 g/mol. The maximum atomic E-state index is 10.2. The number of rotatable bonds is 7. The van der Waals surface area contributed by atoms with Crippen LogP contribution in [0.25, 0.3) is 0 Å². The molecule has 1 unspecified atom stereocenters. The summed E-state index contributed by atoms with van der Waals surface area (Å²) >= 11 is 1.65. The summed E-state index contributed by atoms with van der Waals surface area (Å²) in [6.45, 7) is 10.5. The highest BCUT2D eigenvalue weighted by Crippen LogP contribution is 2.24. The smallest absolute Gasteiger partial charge is 0.191 e. The van der Waals surface area contributed by atoms with Gasteiger partial charge in [-0.2, -0.15) is 0 Å². The van der Waals surface area contributed by atoms with Crippen LogP contribution in [0.4, 0.5) is 0 Å². The number of benzene rings is 1. The van der Waals surface area contributed by atoms with Crippen molar-refractivity contribution in [3.63, 3.8) is 0 Å². The van der Waals surface area contributed by atoms with E-state index in [0.717, 1.165) is 28.8 Å². The van der Waals surface area contributed by atoms with Crippen LogP contribution in [-0.4, -0.2) is 29.1 Å². The van der Waals surface area contributed by atoms with E-state index in [1.54, 1.807) is 11.3 Å². The number of aliphatic hydroxyl groups is 1. The van der Waals surface area contributed by atoms with Gasteiger partial charge in [-0.05, 0) is 18.9 Å². The molecule has 0 bridgehead atoms. The molecule has 0 aliphatic rings. The predicted octanol–water partition coefficient (Wildman–Crippen LogP) is 4.24. The first-order valence-electron chi connectivity index (χ1n) is 9.10. The number of aliphatic imine (C=N–C) groups is 1. The number of hydrogen-bond donors (Lipinski definition) is 3. The molecule has 0 radical (unpaired) electrons. The minimum atomic E-state index is -0.472. The van der Waals surface area contributed by atoms with Crippen LogP contribution >= 0.6 is 35.3 Å². The zero-order chi connectivity index (χ0) is 19.0. The Hall–Kier alpha value is -1.19. The first kappa shape index (κ1) is 23.8. The molecule has 0 spiro atoms. The van der Waals surface area contributed by atoms with Crippen molar-refractivity contribution in [2.75, 3.05) is 13.1 Å². The van der Waals surface area contributed by atoms with Crippen molar-refractivity contribution >= 4 is 41.3 Å². The number of hydrogen-bond acceptors (Lipinski definition) is 4. The van der Waals surface area contributed by atoms with Crippen LogP contribution < -0.4 is 10.6 Å². The molecule has 0 fully saturated rings. The van der Waals surface area contributed by atoms with Gasteiger partial charge in [0, 0.05) is 23.9 Å². The molecule has 1 aromatic carbocycles. The molecule has 7 heteroatoms. The highest BCUT2D eigenvalue weighted by Gasteiger charge is 2.17. The molecule has 0 aliphatic heterocycles. The second-order valence-corrected chi connectivity index (χ2v) is 8.16. The van der Waals surface area contributed by atoms with Crippen molar-refractivity contribution in [1.82, 2.24) is 15.6 Å². The summed E-state index contributed by atoms with van der Waals surface area (Å²) in [6, 6.07) is 9.72. The van der Waals surface area contributed by atoms with Crippen LogP contribution in [0, 0.1) is 0 Å². The monoisotopic (exact) mass is 502 g/mol. The van der Waals surface area contributed by atoms with Crippen LogP contribution in [0.1, 0.15) is 56.5 Å². The fraction of sp³-hybridized carbons (Fsp3) is 0.500. The lowest BCUT2D eigenvalue weighted by Crippen LogP contribution is -2.38. The van der Waals surface area contributed by atoms with Crippen LogP contribution in [0.3, 0.4) is 0 Å². The van der Waals surface area contributed by atoms with Gasteiger partial charge in [-0.3, -0.25) is 0 Å². The first-order chi connectivity index (χ1) is 12.4.